The van der Waals surface area contributed by atoms with Crippen LogP contribution in [0.5, 0.6) is 0 Å². The summed E-state index contributed by atoms with van der Waals surface area (Å²) >= 11 is 0. The van der Waals surface area contributed by atoms with E-state index in [4.69, 9.17) is 23.7 Å². The molecule has 3 atom stereocenters. The van der Waals surface area contributed by atoms with Crippen molar-refractivity contribution in [2.24, 2.45) is 0 Å². The Balaban J connectivity index is 1.55. The molecule has 1 aliphatic heterocycles. The molecule has 0 bridgehead atoms. The number of benzene rings is 2. The minimum atomic E-state index is -0.750. The third kappa shape index (κ3) is 7.44. The fourth-order valence-corrected chi connectivity index (χ4v) is 3.10. The van der Waals surface area contributed by atoms with Crippen molar-refractivity contribution in [2.75, 3.05) is 6.61 Å². The van der Waals surface area contributed by atoms with Crippen LogP contribution < -0.4 is 0 Å². The molecule has 162 valence electrons. The Hall–Kier alpha value is -2.41. The summed E-state index contributed by atoms with van der Waals surface area (Å²) in [6.07, 6.45) is -1.66. The van der Waals surface area contributed by atoms with E-state index < -0.39 is 18.0 Å². The molecule has 0 saturated carbocycles. The minimum Gasteiger partial charge on any atom is -0.429 e. The number of rotatable bonds is 8. The average Bonchev–Trinajstić information content (AvgIpc) is 3.08. The van der Waals surface area contributed by atoms with Crippen LogP contribution in [0.25, 0.3) is 0 Å². The van der Waals surface area contributed by atoms with Gasteiger partial charge in [-0.15, -0.1) is 0 Å². The van der Waals surface area contributed by atoms with Gasteiger partial charge in [0.25, 0.3) is 0 Å². The van der Waals surface area contributed by atoms with Crippen molar-refractivity contribution in [3.63, 3.8) is 0 Å². The molecular weight excluding hydrogens is 384 g/mol. The highest BCUT2D eigenvalue weighted by molar-refractivity contribution is 5.60. The van der Waals surface area contributed by atoms with Crippen molar-refractivity contribution < 1.29 is 28.5 Å². The van der Waals surface area contributed by atoms with Crippen molar-refractivity contribution >= 4 is 6.16 Å². The van der Waals surface area contributed by atoms with Crippen molar-refractivity contribution in [1.29, 1.82) is 0 Å². The lowest BCUT2D eigenvalue weighted by Crippen LogP contribution is -2.29. The fraction of sp³-hybridized carbons (Fsp3) is 0.458. The molecular formula is C24H30O6. The van der Waals surface area contributed by atoms with E-state index in [1.54, 1.807) is 20.8 Å². The van der Waals surface area contributed by atoms with Crippen LogP contribution >= 0.6 is 0 Å². The van der Waals surface area contributed by atoms with Crippen LogP contribution in [-0.4, -0.2) is 36.9 Å². The molecule has 1 aliphatic rings. The van der Waals surface area contributed by atoms with E-state index in [0.717, 1.165) is 11.1 Å². The summed E-state index contributed by atoms with van der Waals surface area (Å²) in [4.78, 5) is 12.0. The van der Waals surface area contributed by atoms with Crippen molar-refractivity contribution in [3.8, 4) is 0 Å². The van der Waals surface area contributed by atoms with Gasteiger partial charge in [-0.3, -0.25) is 0 Å². The summed E-state index contributed by atoms with van der Waals surface area (Å²) < 4.78 is 28.4. The first-order chi connectivity index (χ1) is 14.4. The van der Waals surface area contributed by atoms with Gasteiger partial charge in [0, 0.05) is 6.42 Å². The molecule has 0 aromatic heterocycles. The van der Waals surface area contributed by atoms with Crippen LogP contribution in [0.2, 0.25) is 0 Å². The van der Waals surface area contributed by atoms with Crippen molar-refractivity contribution in [2.45, 2.75) is 64.5 Å². The van der Waals surface area contributed by atoms with E-state index >= 15 is 0 Å². The summed E-state index contributed by atoms with van der Waals surface area (Å²) in [6.45, 7) is 6.62. The maximum absolute atomic E-state index is 12.0. The fourth-order valence-electron chi connectivity index (χ4n) is 3.10. The number of carbonyl (C=O) groups is 1. The zero-order valence-corrected chi connectivity index (χ0v) is 17.8. The van der Waals surface area contributed by atoms with Gasteiger partial charge in [0.2, 0.25) is 6.29 Å². The molecule has 1 unspecified atom stereocenters. The zero-order chi connectivity index (χ0) is 21.4. The van der Waals surface area contributed by atoms with Gasteiger partial charge in [0.05, 0.1) is 25.9 Å². The van der Waals surface area contributed by atoms with Crippen LogP contribution in [0.4, 0.5) is 4.79 Å². The number of hydrogen-bond donors (Lipinski definition) is 0. The topological polar surface area (TPSA) is 63.2 Å². The van der Waals surface area contributed by atoms with E-state index in [1.165, 1.54) is 0 Å². The maximum Gasteiger partial charge on any atom is 0.511 e. The van der Waals surface area contributed by atoms with Crippen molar-refractivity contribution in [1.82, 2.24) is 0 Å². The predicted octanol–water partition coefficient (Wildman–Crippen LogP) is 4.86. The standard InChI is InChI=1S/C24H30O6/c1-24(2,3)30-23(25)29-22-14-20(27-16-19-12-8-5-9-13-19)21(28-22)17-26-15-18-10-6-4-7-11-18/h4-13,20-22H,14-17H2,1-3H3/t20-,21+,22?/m0/s1. The second kappa shape index (κ2) is 10.6. The average molecular weight is 414 g/mol. The predicted molar refractivity (Wildman–Crippen MR) is 112 cm³/mol. The molecule has 0 radical (unpaired) electrons. The molecule has 1 saturated heterocycles. The second-order valence-electron chi connectivity index (χ2n) is 8.26. The van der Waals surface area contributed by atoms with E-state index in [9.17, 15) is 4.79 Å². The Labute approximate surface area is 178 Å². The molecule has 1 heterocycles. The number of hydrogen-bond acceptors (Lipinski definition) is 6. The Morgan fingerprint density at radius 3 is 2.17 bits per heavy atom. The number of ether oxygens (including phenoxy) is 5. The third-order valence-electron chi connectivity index (χ3n) is 4.48. The molecule has 0 N–H and O–H groups in total. The van der Waals surface area contributed by atoms with Gasteiger partial charge in [-0.1, -0.05) is 60.7 Å². The summed E-state index contributed by atoms with van der Waals surface area (Å²) in [5, 5.41) is 0. The van der Waals surface area contributed by atoms with E-state index in [0.29, 0.717) is 26.2 Å². The van der Waals surface area contributed by atoms with Gasteiger partial charge in [0.1, 0.15) is 11.7 Å². The highest BCUT2D eigenvalue weighted by Crippen LogP contribution is 2.27. The molecule has 3 rings (SSSR count). The monoisotopic (exact) mass is 414 g/mol. The van der Waals surface area contributed by atoms with Crippen molar-refractivity contribution in [3.05, 3.63) is 71.8 Å². The summed E-state index contributed by atoms with van der Waals surface area (Å²) in [7, 11) is 0. The van der Waals surface area contributed by atoms with Crippen LogP contribution in [0.3, 0.4) is 0 Å². The first-order valence-electron chi connectivity index (χ1n) is 10.2. The van der Waals surface area contributed by atoms with Gasteiger partial charge in [-0.05, 0) is 31.9 Å². The Kier molecular flexibility index (Phi) is 7.85. The Morgan fingerprint density at radius 2 is 1.57 bits per heavy atom. The van der Waals surface area contributed by atoms with Gasteiger partial charge < -0.3 is 23.7 Å². The normalized spacial score (nSPS) is 21.4. The summed E-state index contributed by atoms with van der Waals surface area (Å²) in [5.74, 6) is 0. The van der Waals surface area contributed by atoms with E-state index in [1.807, 2.05) is 60.7 Å². The summed E-state index contributed by atoms with van der Waals surface area (Å²) in [5.41, 5.74) is 1.52. The molecule has 2 aromatic rings. The first-order valence-corrected chi connectivity index (χ1v) is 10.2. The second-order valence-corrected chi connectivity index (χ2v) is 8.26. The molecule has 0 aliphatic carbocycles. The van der Waals surface area contributed by atoms with Gasteiger partial charge in [0.15, 0.2) is 0 Å². The quantitative estimate of drug-likeness (QED) is 0.575. The molecule has 1 fully saturated rings. The molecule has 6 heteroatoms. The van der Waals surface area contributed by atoms with Gasteiger partial charge >= 0.3 is 6.16 Å². The molecule has 0 amide bonds. The third-order valence-corrected chi connectivity index (χ3v) is 4.48. The smallest absolute Gasteiger partial charge is 0.429 e. The van der Waals surface area contributed by atoms with Gasteiger partial charge in [-0.2, -0.15) is 0 Å². The largest absolute Gasteiger partial charge is 0.511 e. The zero-order valence-electron chi connectivity index (χ0n) is 17.8. The summed E-state index contributed by atoms with van der Waals surface area (Å²) in [6, 6.07) is 19.8. The van der Waals surface area contributed by atoms with Gasteiger partial charge in [-0.25, -0.2) is 4.79 Å². The lowest BCUT2D eigenvalue weighted by atomic mass is 10.2. The first kappa shape index (κ1) is 22.3. The van der Waals surface area contributed by atoms with Crippen LogP contribution in [0, 0.1) is 0 Å². The highest BCUT2D eigenvalue weighted by Gasteiger charge is 2.39. The number of carbonyl (C=O) groups excluding carboxylic acids is 1. The lowest BCUT2D eigenvalue weighted by molar-refractivity contribution is -0.142. The lowest BCUT2D eigenvalue weighted by Gasteiger charge is -2.21. The highest BCUT2D eigenvalue weighted by atomic mass is 16.8. The Morgan fingerprint density at radius 1 is 0.967 bits per heavy atom. The van der Waals surface area contributed by atoms with E-state index in [-0.39, 0.29) is 12.2 Å². The van der Waals surface area contributed by atoms with Crippen LogP contribution in [0.15, 0.2) is 60.7 Å². The van der Waals surface area contributed by atoms with E-state index in [2.05, 4.69) is 0 Å². The molecule has 30 heavy (non-hydrogen) atoms. The molecule has 2 aromatic carbocycles. The van der Waals surface area contributed by atoms with Crippen LogP contribution in [-0.2, 0) is 36.9 Å². The Bertz CT molecular complexity index is 771. The molecule has 6 nitrogen and oxygen atoms in total. The maximum atomic E-state index is 12.0. The minimum absolute atomic E-state index is 0.256. The van der Waals surface area contributed by atoms with Crippen LogP contribution in [0.1, 0.15) is 38.3 Å². The SMILES string of the molecule is CC(C)(C)OC(=O)OC1C[C@H](OCc2ccccc2)[C@@H](COCc2ccccc2)O1. The molecule has 0 spiro atoms.